The van der Waals surface area contributed by atoms with Crippen molar-refractivity contribution in [3.05, 3.63) is 59.2 Å². The minimum absolute atomic E-state index is 0.0672. The molecule has 2 aromatic carbocycles. The molecule has 1 saturated heterocycles. The van der Waals surface area contributed by atoms with Gasteiger partial charge >= 0.3 is 0 Å². The van der Waals surface area contributed by atoms with Crippen LogP contribution in [-0.4, -0.2) is 48.9 Å². The monoisotopic (exact) mass is 351 g/mol. The summed E-state index contributed by atoms with van der Waals surface area (Å²) in [5.74, 6) is 0.0672. The van der Waals surface area contributed by atoms with E-state index in [0.717, 1.165) is 43.1 Å². The number of nitrogens with zero attached hydrogens (tertiary/aromatic N) is 2. The van der Waals surface area contributed by atoms with Crippen LogP contribution in [0, 0.1) is 13.8 Å². The Morgan fingerprint density at radius 1 is 1.04 bits per heavy atom. The van der Waals surface area contributed by atoms with Gasteiger partial charge in [0, 0.05) is 25.8 Å². The van der Waals surface area contributed by atoms with Gasteiger partial charge in [0.1, 0.15) is 0 Å². The molecule has 4 nitrogen and oxygen atoms in total. The zero-order valence-electron chi connectivity index (χ0n) is 16.1. The van der Waals surface area contributed by atoms with Crippen LogP contribution in [-0.2, 0) is 0 Å². The third-order valence-corrected chi connectivity index (χ3v) is 5.33. The lowest BCUT2D eigenvalue weighted by Gasteiger charge is -2.23. The molecule has 26 heavy (non-hydrogen) atoms. The van der Waals surface area contributed by atoms with Crippen molar-refractivity contribution in [2.24, 2.45) is 0 Å². The molecule has 0 atom stereocenters. The molecule has 1 aliphatic heterocycles. The van der Waals surface area contributed by atoms with E-state index in [1.807, 2.05) is 42.3 Å². The molecular formula is C22H29N3O. The molecule has 1 aliphatic rings. The largest absolute Gasteiger partial charge is 0.355 e. The molecule has 1 N–H and O–H groups in total. The van der Waals surface area contributed by atoms with Gasteiger partial charge < -0.3 is 15.1 Å². The topological polar surface area (TPSA) is 35.6 Å². The van der Waals surface area contributed by atoms with Gasteiger partial charge in [-0.05, 0) is 69.1 Å². The lowest BCUT2D eigenvalue weighted by Crippen LogP contribution is -2.35. The number of carbonyl (C=O) groups excluding carboxylic acids is 1. The Morgan fingerprint density at radius 3 is 2.50 bits per heavy atom. The first-order chi connectivity index (χ1) is 12.6. The fraction of sp³-hybridized carbons (Fsp3) is 0.409. The average Bonchev–Trinajstić information content (AvgIpc) is 3.17. The van der Waals surface area contributed by atoms with Crippen LogP contribution in [0.3, 0.4) is 0 Å². The normalized spacial score (nSPS) is 14.4. The Bertz CT molecular complexity index is 766. The van der Waals surface area contributed by atoms with E-state index in [9.17, 15) is 4.79 Å². The van der Waals surface area contributed by atoms with Crippen molar-refractivity contribution in [1.29, 1.82) is 0 Å². The Hall–Kier alpha value is -2.33. The maximum atomic E-state index is 13.0. The maximum Gasteiger partial charge on any atom is 0.255 e. The van der Waals surface area contributed by atoms with E-state index in [-0.39, 0.29) is 5.91 Å². The zero-order valence-corrected chi connectivity index (χ0v) is 16.1. The number of anilines is 2. The SMILES string of the molecule is Cc1cccc(Nc2ccccc2C(=O)N(C)CCN2CCCC2)c1C. The molecule has 0 aromatic heterocycles. The van der Waals surface area contributed by atoms with Crippen LogP contribution in [0.25, 0.3) is 0 Å². The van der Waals surface area contributed by atoms with Gasteiger partial charge in [-0.25, -0.2) is 0 Å². The number of para-hydroxylation sites is 1. The summed E-state index contributed by atoms with van der Waals surface area (Å²) in [4.78, 5) is 17.2. The van der Waals surface area contributed by atoms with Crippen LogP contribution < -0.4 is 5.32 Å². The van der Waals surface area contributed by atoms with Gasteiger partial charge in [0.15, 0.2) is 0 Å². The Morgan fingerprint density at radius 2 is 1.73 bits per heavy atom. The lowest BCUT2D eigenvalue weighted by atomic mass is 10.1. The van der Waals surface area contributed by atoms with Crippen molar-refractivity contribution in [3.8, 4) is 0 Å². The number of hydrogen-bond donors (Lipinski definition) is 1. The minimum Gasteiger partial charge on any atom is -0.355 e. The van der Waals surface area contributed by atoms with Crippen molar-refractivity contribution < 1.29 is 4.79 Å². The number of rotatable bonds is 6. The molecule has 1 amide bonds. The summed E-state index contributed by atoms with van der Waals surface area (Å²) in [6.45, 7) is 8.24. The molecule has 1 fully saturated rings. The number of hydrogen-bond acceptors (Lipinski definition) is 3. The van der Waals surface area contributed by atoms with Gasteiger partial charge in [-0.3, -0.25) is 4.79 Å². The predicted octanol–water partition coefficient (Wildman–Crippen LogP) is 4.21. The first kappa shape index (κ1) is 18.5. The third kappa shape index (κ3) is 4.25. The summed E-state index contributed by atoms with van der Waals surface area (Å²) in [6, 6.07) is 14.0. The van der Waals surface area contributed by atoms with Crippen molar-refractivity contribution in [3.63, 3.8) is 0 Å². The van der Waals surface area contributed by atoms with Gasteiger partial charge in [0.25, 0.3) is 5.91 Å². The Balaban J connectivity index is 1.73. The molecule has 3 rings (SSSR count). The van der Waals surface area contributed by atoms with Crippen LogP contribution in [0.15, 0.2) is 42.5 Å². The summed E-state index contributed by atoms with van der Waals surface area (Å²) < 4.78 is 0. The molecule has 0 bridgehead atoms. The zero-order chi connectivity index (χ0) is 18.5. The molecule has 0 saturated carbocycles. The fourth-order valence-corrected chi connectivity index (χ4v) is 3.42. The van der Waals surface area contributed by atoms with E-state index >= 15 is 0 Å². The molecule has 0 spiro atoms. The maximum absolute atomic E-state index is 13.0. The highest BCUT2D eigenvalue weighted by Gasteiger charge is 2.18. The quantitative estimate of drug-likeness (QED) is 0.846. The number of nitrogens with one attached hydrogen (secondary N) is 1. The summed E-state index contributed by atoms with van der Waals surface area (Å²) in [7, 11) is 1.90. The molecule has 1 heterocycles. The van der Waals surface area contributed by atoms with E-state index in [4.69, 9.17) is 0 Å². The highest BCUT2D eigenvalue weighted by atomic mass is 16.2. The first-order valence-electron chi connectivity index (χ1n) is 9.46. The summed E-state index contributed by atoms with van der Waals surface area (Å²) in [6.07, 6.45) is 2.56. The van der Waals surface area contributed by atoms with Crippen LogP contribution in [0.4, 0.5) is 11.4 Å². The van der Waals surface area contributed by atoms with Gasteiger partial charge in [-0.1, -0.05) is 24.3 Å². The highest BCUT2D eigenvalue weighted by Crippen LogP contribution is 2.26. The molecule has 0 radical (unpaired) electrons. The number of carbonyl (C=O) groups is 1. The minimum atomic E-state index is 0.0672. The van der Waals surface area contributed by atoms with Crippen LogP contribution >= 0.6 is 0 Å². The molecule has 4 heteroatoms. The lowest BCUT2D eigenvalue weighted by molar-refractivity contribution is 0.0783. The number of aryl methyl sites for hydroxylation is 1. The van der Waals surface area contributed by atoms with Gasteiger partial charge in [0.05, 0.1) is 11.3 Å². The number of likely N-dealkylation sites (tertiary alicyclic amines) is 1. The Labute approximate surface area is 156 Å². The predicted molar refractivity (Wildman–Crippen MR) is 108 cm³/mol. The average molecular weight is 351 g/mol. The standard InChI is InChI=1S/C22H29N3O/c1-17-9-8-12-20(18(17)2)23-21-11-5-4-10-19(21)22(26)24(3)15-16-25-13-6-7-14-25/h4-5,8-12,23H,6-7,13-16H2,1-3H3. The van der Waals surface area contributed by atoms with Gasteiger partial charge in [-0.15, -0.1) is 0 Å². The second-order valence-corrected chi connectivity index (χ2v) is 7.19. The van der Waals surface area contributed by atoms with Crippen molar-refractivity contribution in [1.82, 2.24) is 9.80 Å². The van der Waals surface area contributed by atoms with Crippen LogP contribution in [0.1, 0.15) is 34.3 Å². The number of likely N-dealkylation sites (N-methyl/N-ethyl adjacent to an activating group) is 1. The molecule has 138 valence electrons. The van der Waals surface area contributed by atoms with Crippen molar-refractivity contribution in [2.45, 2.75) is 26.7 Å². The second kappa shape index (κ2) is 8.37. The summed E-state index contributed by atoms with van der Waals surface area (Å²) >= 11 is 0. The molecular weight excluding hydrogens is 322 g/mol. The van der Waals surface area contributed by atoms with E-state index in [1.165, 1.54) is 24.0 Å². The fourth-order valence-electron chi connectivity index (χ4n) is 3.42. The molecule has 0 unspecified atom stereocenters. The molecule has 0 aliphatic carbocycles. The van der Waals surface area contributed by atoms with E-state index in [1.54, 1.807) is 0 Å². The van der Waals surface area contributed by atoms with Crippen molar-refractivity contribution in [2.75, 3.05) is 38.5 Å². The molecule has 2 aromatic rings. The summed E-state index contributed by atoms with van der Waals surface area (Å²) in [5.41, 5.74) is 5.07. The Kier molecular flexibility index (Phi) is 5.94. The third-order valence-electron chi connectivity index (χ3n) is 5.33. The summed E-state index contributed by atoms with van der Waals surface area (Å²) in [5, 5.41) is 3.46. The van der Waals surface area contributed by atoms with Crippen molar-refractivity contribution >= 4 is 17.3 Å². The highest BCUT2D eigenvalue weighted by molar-refractivity contribution is 6.00. The van der Waals surface area contributed by atoms with Gasteiger partial charge in [-0.2, -0.15) is 0 Å². The second-order valence-electron chi connectivity index (χ2n) is 7.19. The van der Waals surface area contributed by atoms with E-state index in [2.05, 4.69) is 36.2 Å². The smallest absolute Gasteiger partial charge is 0.255 e. The van der Waals surface area contributed by atoms with E-state index in [0.29, 0.717) is 0 Å². The van der Waals surface area contributed by atoms with Crippen LogP contribution in [0.2, 0.25) is 0 Å². The number of benzene rings is 2. The van der Waals surface area contributed by atoms with E-state index < -0.39 is 0 Å². The van der Waals surface area contributed by atoms with Gasteiger partial charge in [0.2, 0.25) is 0 Å². The van der Waals surface area contributed by atoms with Crippen LogP contribution in [0.5, 0.6) is 0 Å². The first-order valence-corrected chi connectivity index (χ1v) is 9.46. The number of amides is 1.